The molecular formula is C23H32O4. The summed E-state index contributed by atoms with van der Waals surface area (Å²) < 4.78 is 11.5. The van der Waals surface area contributed by atoms with E-state index in [1.165, 1.54) is 24.0 Å². The van der Waals surface area contributed by atoms with Gasteiger partial charge in [0.2, 0.25) is 0 Å². The lowest BCUT2D eigenvalue weighted by molar-refractivity contribution is -0.133. The summed E-state index contributed by atoms with van der Waals surface area (Å²) in [5, 5.41) is 9.50. The number of carbonyl (C=O) groups is 1. The van der Waals surface area contributed by atoms with E-state index in [0.29, 0.717) is 0 Å². The van der Waals surface area contributed by atoms with Crippen molar-refractivity contribution < 1.29 is 19.4 Å². The van der Waals surface area contributed by atoms with Gasteiger partial charge in [-0.05, 0) is 50.3 Å². The van der Waals surface area contributed by atoms with E-state index >= 15 is 0 Å². The number of ether oxygens (including phenoxy) is 2. The van der Waals surface area contributed by atoms with Crippen molar-refractivity contribution in [1.29, 1.82) is 0 Å². The van der Waals surface area contributed by atoms with E-state index in [0.717, 1.165) is 42.7 Å². The molecule has 4 heteroatoms. The summed E-state index contributed by atoms with van der Waals surface area (Å²) in [4.78, 5) is 11.6. The topological polar surface area (TPSA) is 55.8 Å². The van der Waals surface area contributed by atoms with Gasteiger partial charge in [0.05, 0.1) is 14.2 Å². The highest BCUT2D eigenvalue weighted by atomic mass is 16.5. The van der Waals surface area contributed by atoms with Crippen LogP contribution in [0.2, 0.25) is 0 Å². The first-order chi connectivity index (χ1) is 12.9. The van der Waals surface area contributed by atoms with Crippen molar-refractivity contribution in [3.05, 3.63) is 47.1 Å². The molecule has 0 amide bonds. The van der Waals surface area contributed by atoms with Gasteiger partial charge in [0.25, 0.3) is 0 Å². The van der Waals surface area contributed by atoms with Crippen molar-refractivity contribution in [2.45, 2.75) is 58.3 Å². The van der Waals surface area contributed by atoms with Crippen LogP contribution in [0.1, 0.15) is 63.0 Å². The first-order valence-electron chi connectivity index (χ1n) is 9.77. The van der Waals surface area contributed by atoms with E-state index in [4.69, 9.17) is 9.47 Å². The monoisotopic (exact) mass is 372 g/mol. The summed E-state index contributed by atoms with van der Waals surface area (Å²) >= 11 is 0. The highest BCUT2D eigenvalue weighted by Gasteiger charge is 2.34. The average molecular weight is 373 g/mol. The number of aryl methyl sites for hydroxylation is 1. The Hall–Kier alpha value is -2.23. The molecule has 0 aliphatic heterocycles. The summed E-state index contributed by atoms with van der Waals surface area (Å²) in [5.74, 6) is 0.309. The van der Waals surface area contributed by atoms with E-state index in [1.54, 1.807) is 14.2 Å². The van der Waals surface area contributed by atoms with Crippen LogP contribution in [0.4, 0.5) is 0 Å². The second-order valence-electron chi connectivity index (χ2n) is 7.39. The molecule has 2 atom stereocenters. The summed E-state index contributed by atoms with van der Waals surface area (Å²) in [7, 11) is 3.32. The standard InChI is InChI=1S/C23H32O4/c1-6-7-8-9-17-13-20(26-4)22(21(14-17)27-5)19-12-15(2)10-11-18(19)16(3)23(24)25/h12-14,18-19H,3,6-11H2,1-2,4-5H3,(H,24,25). The Kier molecular flexibility index (Phi) is 7.52. The van der Waals surface area contributed by atoms with Crippen molar-refractivity contribution in [2.75, 3.05) is 14.2 Å². The lowest BCUT2D eigenvalue weighted by atomic mass is 9.73. The van der Waals surface area contributed by atoms with Crippen molar-refractivity contribution in [3.63, 3.8) is 0 Å². The van der Waals surface area contributed by atoms with E-state index in [9.17, 15) is 9.90 Å². The molecule has 2 rings (SSSR count). The number of unbranched alkanes of at least 4 members (excludes halogenated alkanes) is 2. The van der Waals surface area contributed by atoms with Crippen LogP contribution in [-0.2, 0) is 11.2 Å². The molecule has 0 saturated heterocycles. The lowest BCUT2D eigenvalue weighted by Gasteiger charge is -2.32. The second-order valence-corrected chi connectivity index (χ2v) is 7.39. The van der Waals surface area contributed by atoms with Crippen LogP contribution < -0.4 is 9.47 Å². The van der Waals surface area contributed by atoms with Gasteiger partial charge < -0.3 is 14.6 Å². The number of carboxylic acids is 1. The predicted octanol–water partition coefficient (Wildman–Crippen LogP) is 5.52. The van der Waals surface area contributed by atoms with E-state index < -0.39 is 5.97 Å². The third-order valence-electron chi connectivity index (χ3n) is 5.48. The fourth-order valence-corrected chi connectivity index (χ4v) is 3.95. The maximum absolute atomic E-state index is 11.6. The van der Waals surface area contributed by atoms with Crippen molar-refractivity contribution in [2.24, 2.45) is 5.92 Å². The Balaban J connectivity index is 2.51. The normalized spacial score (nSPS) is 19.3. The van der Waals surface area contributed by atoms with Gasteiger partial charge in [0.15, 0.2) is 0 Å². The summed E-state index contributed by atoms with van der Waals surface area (Å²) in [6.45, 7) is 8.13. The Morgan fingerprint density at radius 2 is 1.85 bits per heavy atom. The summed E-state index contributed by atoms with van der Waals surface area (Å²) in [5.41, 5.74) is 3.61. The minimum Gasteiger partial charge on any atom is -0.496 e. The molecule has 0 bridgehead atoms. The molecule has 0 fully saturated rings. The smallest absolute Gasteiger partial charge is 0.331 e. The molecule has 0 aromatic heterocycles. The molecule has 4 nitrogen and oxygen atoms in total. The molecule has 148 valence electrons. The molecule has 1 aliphatic carbocycles. The number of hydrogen-bond donors (Lipinski definition) is 1. The minimum atomic E-state index is -0.938. The van der Waals surface area contributed by atoms with Crippen LogP contribution in [-0.4, -0.2) is 25.3 Å². The Morgan fingerprint density at radius 1 is 1.22 bits per heavy atom. The molecule has 0 heterocycles. The van der Waals surface area contributed by atoms with E-state index in [-0.39, 0.29) is 17.4 Å². The molecular weight excluding hydrogens is 340 g/mol. The number of methoxy groups -OCH3 is 2. The van der Waals surface area contributed by atoms with Crippen molar-refractivity contribution in [1.82, 2.24) is 0 Å². The Morgan fingerprint density at radius 3 is 2.37 bits per heavy atom. The van der Waals surface area contributed by atoms with Crippen LogP contribution in [0, 0.1) is 5.92 Å². The fourth-order valence-electron chi connectivity index (χ4n) is 3.95. The quantitative estimate of drug-likeness (QED) is 0.352. The van der Waals surface area contributed by atoms with Gasteiger partial charge >= 0.3 is 5.97 Å². The third kappa shape index (κ3) is 4.94. The maximum Gasteiger partial charge on any atom is 0.331 e. The average Bonchev–Trinajstić information content (AvgIpc) is 2.66. The maximum atomic E-state index is 11.6. The molecule has 1 N–H and O–H groups in total. The van der Waals surface area contributed by atoms with Gasteiger partial charge in [0, 0.05) is 23.0 Å². The zero-order valence-corrected chi connectivity index (χ0v) is 17.0. The molecule has 0 spiro atoms. The minimum absolute atomic E-state index is 0.114. The Labute approximate surface area is 162 Å². The van der Waals surface area contributed by atoms with E-state index in [1.807, 2.05) is 0 Å². The van der Waals surface area contributed by atoms with E-state index in [2.05, 4.69) is 38.6 Å². The van der Waals surface area contributed by atoms with Gasteiger partial charge in [-0.2, -0.15) is 0 Å². The number of rotatable bonds is 9. The second kappa shape index (κ2) is 9.63. The van der Waals surface area contributed by atoms with Crippen molar-refractivity contribution >= 4 is 5.97 Å². The number of hydrogen-bond acceptors (Lipinski definition) is 3. The molecule has 0 radical (unpaired) electrons. The number of carboxylic acid groups (broad SMARTS) is 1. The summed E-state index contributed by atoms with van der Waals surface area (Å²) in [6.07, 6.45) is 8.28. The highest BCUT2D eigenvalue weighted by molar-refractivity contribution is 5.86. The SMILES string of the molecule is C=C(C(=O)O)C1CCC(C)=CC1c1c(OC)cc(CCCCC)cc1OC. The zero-order valence-electron chi connectivity index (χ0n) is 17.0. The fraction of sp³-hybridized carbons (Fsp3) is 0.522. The largest absolute Gasteiger partial charge is 0.496 e. The predicted molar refractivity (Wildman–Crippen MR) is 109 cm³/mol. The zero-order chi connectivity index (χ0) is 20.0. The van der Waals surface area contributed by atoms with Crippen LogP contribution in [0.5, 0.6) is 11.5 Å². The van der Waals surface area contributed by atoms with Gasteiger partial charge in [-0.3, -0.25) is 0 Å². The number of allylic oxidation sites excluding steroid dienone is 2. The molecule has 1 aromatic carbocycles. The lowest BCUT2D eigenvalue weighted by Crippen LogP contribution is -2.22. The first kappa shape index (κ1) is 21.1. The molecule has 27 heavy (non-hydrogen) atoms. The molecule has 0 saturated carbocycles. The molecule has 1 aromatic rings. The third-order valence-corrected chi connectivity index (χ3v) is 5.48. The highest BCUT2D eigenvalue weighted by Crippen LogP contribution is 2.47. The van der Waals surface area contributed by atoms with Crippen LogP contribution in [0.15, 0.2) is 35.9 Å². The Bertz CT molecular complexity index is 692. The molecule has 2 unspecified atom stereocenters. The first-order valence-corrected chi connectivity index (χ1v) is 9.77. The summed E-state index contributed by atoms with van der Waals surface area (Å²) in [6, 6.07) is 4.15. The van der Waals surface area contributed by atoms with Crippen LogP contribution in [0.3, 0.4) is 0 Å². The number of aliphatic carboxylic acids is 1. The van der Waals surface area contributed by atoms with Crippen molar-refractivity contribution in [3.8, 4) is 11.5 Å². The van der Waals surface area contributed by atoms with Gasteiger partial charge in [0.1, 0.15) is 11.5 Å². The van der Waals surface area contributed by atoms with Crippen LogP contribution >= 0.6 is 0 Å². The number of benzene rings is 1. The van der Waals surface area contributed by atoms with Gasteiger partial charge in [-0.25, -0.2) is 4.79 Å². The van der Waals surface area contributed by atoms with Crippen LogP contribution in [0.25, 0.3) is 0 Å². The van der Waals surface area contributed by atoms with Gasteiger partial charge in [-0.15, -0.1) is 0 Å². The molecule has 1 aliphatic rings. The van der Waals surface area contributed by atoms with Gasteiger partial charge in [-0.1, -0.05) is 38.0 Å².